The van der Waals surface area contributed by atoms with Gasteiger partial charge in [-0.3, -0.25) is 9.59 Å². The first-order chi connectivity index (χ1) is 17.0. The molecule has 0 saturated carbocycles. The first-order valence-corrected chi connectivity index (χ1v) is 11.5. The predicted molar refractivity (Wildman–Crippen MR) is 132 cm³/mol. The molecule has 4 aromatic rings. The lowest BCUT2D eigenvalue weighted by Crippen LogP contribution is -2.30. The van der Waals surface area contributed by atoms with Crippen LogP contribution in [-0.4, -0.2) is 60.1 Å². The molecule has 35 heavy (non-hydrogen) atoms. The van der Waals surface area contributed by atoms with Gasteiger partial charge in [0.15, 0.2) is 17.3 Å². The Balaban J connectivity index is 1.51. The predicted octanol–water partition coefficient (Wildman–Crippen LogP) is 3.36. The maximum absolute atomic E-state index is 12.9. The second kappa shape index (κ2) is 10.9. The molecule has 1 amide bonds. The minimum absolute atomic E-state index is 0.101. The van der Waals surface area contributed by atoms with Gasteiger partial charge in [-0.05, 0) is 47.9 Å². The summed E-state index contributed by atoms with van der Waals surface area (Å²) >= 11 is 1.34. The fourth-order valence-electron chi connectivity index (χ4n) is 3.43. The Kier molecular flexibility index (Phi) is 7.54. The number of rotatable bonds is 10. The Bertz CT molecular complexity index is 1370. The van der Waals surface area contributed by atoms with Gasteiger partial charge in [0.1, 0.15) is 29.4 Å². The van der Waals surface area contributed by atoms with E-state index in [9.17, 15) is 9.59 Å². The average Bonchev–Trinajstić information content (AvgIpc) is 3.33. The number of Topliss-reactive ketones (excluding diaryl/α,β-unsaturated/α-hetero) is 1. The van der Waals surface area contributed by atoms with Crippen LogP contribution < -0.4 is 19.5 Å². The lowest BCUT2D eigenvalue weighted by molar-refractivity contribution is 0.0902. The summed E-state index contributed by atoms with van der Waals surface area (Å²) in [6.07, 6.45) is 0. The summed E-state index contributed by atoms with van der Waals surface area (Å²) < 4.78 is 21.6. The summed E-state index contributed by atoms with van der Waals surface area (Å²) in [5, 5.41) is 12.5. The Labute approximate surface area is 205 Å². The molecule has 0 spiro atoms. The van der Waals surface area contributed by atoms with E-state index < -0.39 is 5.91 Å². The van der Waals surface area contributed by atoms with Crippen LogP contribution >= 0.6 is 11.5 Å². The van der Waals surface area contributed by atoms with E-state index in [2.05, 4.69) is 14.7 Å². The third-order valence-corrected chi connectivity index (χ3v) is 5.98. The molecule has 0 saturated heterocycles. The van der Waals surface area contributed by atoms with Crippen molar-refractivity contribution in [1.82, 2.24) is 14.7 Å². The second-order valence-electron chi connectivity index (χ2n) is 7.32. The molecule has 0 atom stereocenters. The van der Waals surface area contributed by atoms with Crippen molar-refractivity contribution in [3.8, 4) is 28.6 Å². The van der Waals surface area contributed by atoms with E-state index in [1.165, 1.54) is 31.8 Å². The third kappa shape index (κ3) is 5.23. The number of nitrogens with one attached hydrogen (secondary N) is 1. The summed E-state index contributed by atoms with van der Waals surface area (Å²) in [6, 6.07) is 15.6. The number of ether oxygens (including phenoxy) is 3. The van der Waals surface area contributed by atoms with Gasteiger partial charge in [-0.1, -0.05) is 18.2 Å². The normalized spacial score (nSPS) is 10.7. The highest BCUT2D eigenvalue weighted by atomic mass is 32.1. The third-order valence-electron chi connectivity index (χ3n) is 5.15. The highest BCUT2D eigenvalue weighted by Gasteiger charge is 2.19. The molecule has 0 bridgehead atoms. The van der Waals surface area contributed by atoms with Crippen LogP contribution in [0, 0.1) is 0 Å². The molecule has 2 aromatic heterocycles. The molecular formula is C25H23N3O6S. The molecule has 4 rings (SSSR count). The average molecular weight is 494 g/mol. The Hall–Kier alpha value is -4.02. The number of carbonyl (C=O) groups is 2. The van der Waals surface area contributed by atoms with Crippen LogP contribution in [0.2, 0.25) is 0 Å². The van der Waals surface area contributed by atoms with Gasteiger partial charge < -0.3 is 24.6 Å². The quantitative estimate of drug-likeness (QED) is 0.323. The number of fused-ring (bicyclic) bond motifs is 1. The van der Waals surface area contributed by atoms with Crippen molar-refractivity contribution in [1.29, 1.82) is 0 Å². The highest BCUT2D eigenvalue weighted by Crippen LogP contribution is 2.35. The van der Waals surface area contributed by atoms with E-state index >= 15 is 0 Å². The second-order valence-corrected chi connectivity index (χ2v) is 8.12. The number of ketones is 1. The summed E-state index contributed by atoms with van der Waals surface area (Å²) in [5.74, 6) is 0.423. The fraction of sp³-hybridized carbons (Fsp3) is 0.200. The SMILES string of the molecule is COc1cc(C(=O)NCC(=O)c2ccc(OC)c(-c3nsc4ccccc34)n2)ccc1OCCO. The van der Waals surface area contributed by atoms with Crippen molar-refractivity contribution < 1.29 is 28.9 Å². The van der Waals surface area contributed by atoms with Crippen LogP contribution in [0.1, 0.15) is 20.8 Å². The maximum atomic E-state index is 12.9. The molecule has 0 fully saturated rings. The van der Waals surface area contributed by atoms with Crippen molar-refractivity contribution in [3.63, 3.8) is 0 Å². The van der Waals surface area contributed by atoms with Crippen LogP contribution in [-0.2, 0) is 0 Å². The summed E-state index contributed by atoms with van der Waals surface area (Å²) in [6.45, 7) is -0.294. The number of methoxy groups -OCH3 is 2. The molecule has 2 aromatic carbocycles. The smallest absolute Gasteiger partial charge is 0.251 e. The lowest BCUT2D eigenvalue weighted by atomic mass is 10.1. The van der Waals surface area contributed by atoms with E-state index in [4.69, 9.17) is 19.3 Å². The Morgan fingerprint density at radius 3 is 2.51 bits per heavy atom. The topological polar surface area (TPSA) is 120 Å². The minimum atomic E-state index is -0.454. The van der Waals surface area contributed by atoms with Crippen LogP contribution in [0.15, 0.2) is 54.6 Å². The molecule has 0 aliphatic heterocycles. The van der Waals surface area contributed by atoms with Gasteiger partial charge >= 0.3 is 0 Å². The molecule has 0 aliphatic rings. The van der Waals surface area contributed by atoms with Gasteiger partial charge in [0.2, 0.25) is 0 Å². The first kappa shape index (κ1) is 24.1. The molecular weight excluding hydrogens is 470 g/mol. The monoisotopic (exact) mass is 493 g/mol. The van der Waals surface area contributed by atoms with Crippen molar-refractivity contribution in [2.45, 2.75) is 0 Å². The van der Waals surface area contributed by atoms with E-state index in [0.717, 1.165) is 10.1 Å². The molecule has 0 radical (unpaired) electrons. The molecule has 180 valence electrons. The van der Waals surface area contributed by atoms with Crippen LogP contribution in [0.3, 0.4) is 0 Å². The number of amides is 1. The molecule has 2 heterocycles. The zero-order valence-corrected chi connectivity index (χ0v) is 19.9. The number of aliphatic hydroxyl groups is 1. The van der Waals surface area contributed by atoms with Gasteiger partial charge in [0.25, 0.3) is 5.91 Å². The minimum Gasteiger partial charge on any atom is -0.494 e. The summed E-state index contributed by atoms with van der Waals surface area (Å²) in [7, 11) is 2.98. The number of carbonyl (C=O) groups excluding carboxylic acids is 2. The van der Waals surface area contributed by atoms with Gasteiger partial charge in [0, 0.05) is 10.9 Å². The Morgan fingerprint density at radius 2 is 1.74 bits per heavy atom. The van der Waals surface area contributed by atoms with Crippen molar-refractivity contribution in [2.24, 2.45) is 0 Å². The molecule has 10 heteroatoms. The van der Waals surface area contributed by atoms with Crippen LogP contribution in [0.4, 0.5) is 0 Å². The maximum Gasteiger partial charge on any atom is 0.251 e. The van der Waals surface area contributed by atoms with Crippen molar-refractivity contribution >= 4 is 33.3 Å². The van der Waals surface area contributed by atoms with Gasteiger partial charge in [0.05, 0.1) is 32.1 Å². The number of benzene rings is 2. The highest BCUT2D eigenvalue weighted by molar-refractivity contribution is 7.13. The molecule has 9 nitrogen and oxygen atoms in total. The zero-order chi connectivity index (χ0) is 24.8. The van der Waals surface area contributed by atoms with E-state index in [1.807, 2.05) is 24.3 Å². The van der Waals surface area contributed by atoms with Crippen LogP contribution in [0.5, 0.6) is 17.2 Å². The lowest BCUT2D eigenvalue weighted by Gasteiger charge is -2.12. The van der Waals surface area contributed by atoms with Crippen molar-refractivity contribution in [3.05, 3.63) is 65.9 Å². The first-order valence-electron chi connectivity index (χ1n) is 10.7. The van der Waals surface area contributed by atoms with Gasteiger partial charge in [-0.2, -0.15) is 4.37 Å². The number of aliphatic hydroxyl groups excluding tert-OH is 1. The number of pyridine rings is 1. The van der Waals surface area contributed by atoms with Crippen molar-refractivity contribution in [2.75, 3.05) is 34.0 Å². The summed E-state index contributed by atoms with van der Waals surface area (Å²) in [4.78, 5) is 30.0. The number of hydrogen-bond acceptors (Lipinski definition) is 9. The molecule has 2 N–H and O–H groups in total. The largest absolute Gasteiger partial charge is 0.494 e. The van der Waals surface area contributed by atoms with E-state index in [0.29, 0.717) is 34.2 Å². The summed E-state index contributed by atoms with van der Waals surface area (Å²) in [5.41, 5.74) is 1.58. The standard InChI is InChI=1S/C25H23N3O6S/c1-32-20-10-8-17(27-24(20)23-16-5-3-4-6-22(16)35-28-23)18(30)14-26-25(31)15-7-9-19(34-12-11-29)21(13-15)33-2/h3-10,13,29H,11-12,14H2,1-2H3,(H,26,31). The number of aromatic nitrogens is 2. The number of hydrogen-bond donors (Lipinski definition) is 2. The molecule has 0 aliphatic carbocycles. The zero-order valence-electron chi connectivity index (χ0n) is 19.1. The van der Waals surface area contributed by atoms with Gasteiger partial charge in [-0.15, -0.1) is 0 Å². The van der Waals surface area contributed by atoms with Crippen LogP contribution in [0.25, 0.3) is 21.5 Å². The number of nitrogens with zero attached hydrogens (tertiary/aromatic N) is 2. The van der Waals surface area contributed by atoms with E-state index in [-0.39, 0.29) is 31.2 Å². The van der Waals surface area contributed by atoms with Gasteiger partial charge in [-0.25, -0.2) is 4.98 Å². The van der Waals surface area contributed by atoms with E-state index in [1.54, 1.807) is 24.3 Å². The fourth-order valence-corrected chi connectivity index (χ4v) is 4.21. The molecule has 0 unspecified atom stereocenters. The Morgan fingerprint density at radius 1 is 0.971 bits per heavy atom.